The summed E-state index contributed by atoms with van der Waals surface area (Å²) in [6.45, 7) is 0. The first-order valence-electron chi connectivity index (χ1n) is 5.43. The number of sulfonamides is 1. The fraction of sp³-hybridized carbons (Fsp3) is 0.0909. The Morgan fingerprint density at radius 1 is 1.10 bits per heavy atom. The van der Waals surface area contributed by atoms with Gasteiger partial charge in [0.15, 0.2) is 0 Å². The van der Waals surface area contributed by atoms with Gasteiger partial charge in [-0.05, 0) is 17.7 Å². The standard InChI is InChI=1S/C11H11N3O5S/c12-20(18,19)7-3-1-6(2-4-7)5-8-9(15)13-11(17)14-10(8)16/h1-4H,5H2,(H2,12,18,19)(H3,13,14,15,16,17). The largest absolute Gasteiger partial charge is 0.494 e. The van der Waals surface area contributed by atoms with E-state index in [2.05, 4.69) is 4.98 Å². The van der Waals surface area contributed by atoms with Crippen LogP contribution in [0.3, 0.4) is 0 Å². The Bertz CT molecular complexity index is 849. The maximum atomic E-state index is 11.5. The van der Waals surface area contributed by atoms with Crippen LogP contribution in [-0.2, 0) is 16.4 Å². The van der Waals surface area contributed by atoms with Crippen LogP contribution < -0.4 is 16.4 Å². The van der Waals surface area contributed by atoms with Crippen molar-refractivity contribution in [2.45, 2.75) is 11.3 Å². The van der Waals surface area contributed by atoms with E-state index in [1.54, 1.807) is 0 Å². The lowest BCUT2D eigenvalue weighted by molar-refractivity contribution is 0.441. The van der Waals surface area contributed by atoms with Crippen LogP contribution >= 0.6 is 0 Å². The van der Waals surface area contributed by atoms with Crippen molar-refractivity contribution in [2.24, 2.45) is 5.14 Å². The van der Waals surface area contributed by atoms with E-state index in [1.165, 1.54) is 24.3 Å². The molecule has 1 aromatic heterocycles. The van der Waals surface area contributed by atoms with Crippen molar-refractivity contribution in [3.63, 3.8) is 0 Å². The minimum Gasteiger partial charge on any atom is -0.494 e. The molecule has 20 heavy (non-hydrogen) atoms. The van der Waals surface area contributed by atoms with Crippen molar-refractivity contribution in [3.05, 3.63) is 56.2 Å². The molecule has 1 heterocycles. The molecular weight excluding hydrogens is 286 g/mol. The third-order valence-electron chi connectivity index (χ3n) is 2.65. The monoisotopic (exact) mass is 297 g/mol. The molecule has 5 N–H and O–H groups in total. The summed E-state index contributed by atoms with van der Waals surface area (Å²) in [7, 11) is -3.78. The number of aromatic nitrogens is 2. The van der Waals surface area contributed by atoms with Gasteiger partial charge in [-0.3, -0.25) is 14.8 Å². The Labute approximate surface area is 113 Å². The Morgan fingerprint density at radius 3 is 2.20 bits per heavy atom. The number of rotatable bonds is 3. The molecule has 0 aliphatic rings. The number of H-pyrrole nitrogens is 2. The second-order valence-electron chi connectivity index (χ2n) is 4.10. The normalized spacial score (nSPS) is 11.4. The van der Waals surface area contributed by atoms with Gasteiger partial charge in [0.2, 0.25) is 15.9 Å². The number of nitrogens with two attached hydrogens (primary N) is 1. The molecule has 2 rings (SSSR count). The molecule has 0 spiro atoms. The van der Waals surface area contributed by atoms with Crippen LogP contribution in [0, 0.1) is 0 Å². The van der Waals surface area contributed by atoms with E-state index < -0.39 is 27.2 Å². The lowest BCUT2D eigenvalue weighted by atomic mass is 10.1. The zero-order valence-corrected chi connectivity index (χ0v) is 10.9. The number of benzene rings is 1. The summed E-state index contributed by atoms with van der Waals surface area (Å²) >= 11 is 0. The van der Waals surface area contributed by atoms with E-state index in [1.807, 2.05) is 4.98 Å². The van der Waals surface area contributed by atoms with Crippen LogP contribution in [0.5, 0.6) is 5.88 Å². The van der Waals surface area contributed by atoms with Gasteiger partial charge >= 0.3 is 5.69 Å². The third-order valence-corrected chi connectivity index (χ3v) is 3.58. The molecular formula is C11H11N3O5S. The van der Waals surface area contributed by atoms with Gasteiger partial charge in [-0.2, -0.15) is 0 Å². The molecule has 0 aliphatic carbocycles. The fourth-order valence-electron chi connectivity index (χ4n) is 1.67. The quantitative estimate of drug-likeness (QED) is 0.574. The number of hydrogen-bond donors (Lipinski definition) is 4. The number of nitrogens with one attached hydrogen (secondary N) is 2. The summed E-state index contributed by atoms with van der Waals surface area (Å²) in [4.78, 5) is 26.5. The number of primary sulfonamides is 1. The molecule has 0 amide bonds. The van der Waals surface area contributed by atoms with Crippen LogP contribution in [0.2, 0.25) is 0 Å². The van der Waals surface area contributed by atoms with Gasteiger partial charge in [0.05, 0.1) is 10.5 Å². The van der Waals surface area contributed by atoms with Gasteiger partial charge in [-0.1, -0.05) is 12.1 Å². The van der Waals surface area contributed by atoms with Gasteiger partial charge in [0.1, 0.15) is 0 Å². The second kappa shape index (κ2) is 4.94. The Hall–Kier alpha value is -2.39. The maximum absolute atomic E-state index is 11.5. The van der Waals surface area contributed by atoms with Crippen LogP contribution in [0.4, 0.5) is 0 Å². The van der Waals surface area contributed by atoms with E-state index >= 15 is 0 Å². The Balaban J connectivity index is 2.37. The van der Waals surface area contributed by atoms with Crippen molar-refractivity contribution >= 4 is 10.0 Å². The average molecular weight is 297 g/mol. The minimum absolute atomic E-state index is 0.0204. The molecule has 0 saturated carbocycles. The maximum Gasteiger partial charge on any atom is 0.328 e. The highest BCUT2D eigenvalue weighted by molar-refractivity contribution is 7.89. The summed E-state index contributed by atoms with van der Waals surface area (Å²) in [5.74, 6) is -0.519. The SMILES string of the molecule is NS(=O)(=O)c1ccc(Cc2c(O)[nH]c(=O)[nH]c2=O)cc1. The van der Waals surface area contributed by atoms with Crippen molar-refractivity contribution in [2.75, 3.05) is 0 Å². The molecule has 0 saturated heterocycles. The smallest absolute Gasteiger partial charge is 0.328 e. The van der Waals surface area contributed by atoms with Gasteiger partial charge in [-0.15, -0.1) is 0 Å². The van der Waals surface area contributed by atoms with Crippen molar-refractivity contribution < 1.29 is 13.5 Å². The van der Waals surface area contributed by atoms with Crippen molar-refractivity contribution in [1.29, 1.82) is 0 Å². The van der Waals surface area contributed by atoms with E-state index in [-0.39, 0.29) is 16.9 Å². The molecule has 8 nitrogen and oxygen atoms in total. The van der Waals surface area contributed by atoms with Crippen LogP contribution in [0.25, 0.3) is 0 Å². The zero-order valence-electron chi connectivity index (χ0n) is 10.1. The first kappa shape index (κ1) is 14.0. The molecule has 0 bridgehead atoms. The summed E-state index contributed by atoms with van der Waals surface area (Å²) < 4.78 is 22.2. The zero-order chi connectivity index (χ0) is 14.9. The number of hydrogen-bond acceptors (Lipinski definition) is 5. The summed E-state index contributed by atoms with van der Waals surface area (Å²) in [6, 6.07) is 5.51. The topological polar surface area (TPSA) is 146 Å². The van der Waals surface area contributed by atoms with Crippen LogP contribution in [-0.4, -0.2) is 23.5 Å². The highest BCUT2D eigenvalue weighted by Gasteiger charge is 2.11. The highest BCUT2D eigenvalue weighted by Crippen LogP contribution is 2.14. The van der Waals surface area contributed by atoms with E-state index in [0.29, 0.717) is 5.56 Å². The number of aromatic hydroxyl groups is 1. The molecule has 1 aromatic carbocycles. The highest BCUT2D eigenvalue weighted by atomic mass is 32.2. The lowest BCUT2D eigenvalue weighted by Gasteiger charge is -2.04. The van der Waals surface area contributed by atoms with Crippen molar-refractivity contribution in [3.8, 4) is 5.88 Å². The molecule has 106 valence electrons. The molecule has 0 unspecified atom stereocenters. The first-order chi connectivity index (χ1) is 9.27. The third kappa shape index (κ3) is 2.95. The average Bonchev–Trinajstić information content (AvgIpc) is 2.33. The van der Waals surface area contributed by atoms with Crippen molar-refractivity contribution in [1.82, 2.24) is 9.97 Å². The van der Waals surface area contributed by atoms with Gasteiger partial charge in [0, 0.05) is 6.42 Å². The summed E-state index contributed by atoms with van der Waals surface area (Å²) in [5.41, 5.74) is -0.958. The first-order valence-corrected chi connectivity index (χ1v) is 6.98. The summed E-state index contributed by atoms with van der Waals surface area (Å²) in [6.07, 6.45) is 0.0306. The summed E-state index contributed by atoms with van der Waals surface area (Å²) in [5, 5.41) is 14.5. The second-order valence-corrected chi connectivity index (χ2v) is 5.66. The Morgan fingerprint density at radius 2 is 1.70 bits per heavy atom. The van der Waals surface area contributed by atoms with Crippen LogP contribution in [0.1, 0.15) is 11.1 Å². The molecule has 0 fully saturated rings. The molecule has 9 heteroatoms. The van der Waals surface area contributed by atoms with E-state index in [4.69, 9.17) is 5.14 Å². The van der Waals surface area contributed by atoms with Gasteiger partial charge in [0.25, 0.3) is 5.56 Å². The van der Waals surface area contributed by atoms with E-state index in [9.17, 15) is 23.1 Å². The molecule has 0 radical (unpaired) electrons. The van der Waals surface area contributed by atoms with Gasteiger partial charge in [-0.25, -0.2) is 18.4 Å². The predicted octanol–water partition coefficient (Wildman–Crippen LogP) is -0.993. The minimum atomic E-state index is -3.78. The molecule has 0 atom stereocenters. The number of aromatic amines is 2. The van der Waals surface area contributed by atoms with Gasteiger partial charge < -0.3 is 5.11 Å². The molecule has 0 aliphatic heterocycles. The Kier molecular flexibility index (Phi) is 3.47. The van der Waals surface area contributed by atoms with E-state index in [0.717, 1.165) is 0 Å². The predicted molar refractivity (Wildman–Crippen MR) is 70.0 cm³/mol. The fourth-order valence-corrected chi connectivity index (χ4v) is 2.18. The van der Waals surface area contributed by atoms with Crippen LogP contribution in [0.15, 0.2) is 38.8 Å². The lowest BCUT2D eigenvalue weighted by Crippen LogP contribution is -2.25. The molecule has 2 aromatic rings.